The quantitative estimate of drug-likeness (QED) is 0.356. The molecule has 4 aromatic rings. The van der Waals surface area contributed by atoms with Gasteiger partial charge in [0.15, 0.2) is 4.80 Å². The van der Waals surface area contributed by atoms with Crippen LogP contribution in [-0.4, -0.2) is 30.8 Å². The van der Waals surface area contributed by atoms with E-state index in [1.54, 1.807) is 7.11 Å². The van der Waals surface area contributed by atoms with Crippen LogP contribution in [0.5, 0.6) is 5.75 Å². The summed E-state index contributed by atoms with van der Waals surface area (Å²) in [5.41, 5.74) is 2.38. The molecule has 4 rings (SSSR count). The highest BCUT2D eigenvalue weighted by molar-refractivity contribution is 7.16. The van der Waals surface area contributed by atoms with Crippen LogP contribution >= 0.6 is 22.9 Å². The van der Waals surface area contributed by atoms with Crippen molar-refractivity contribution in [2.24, 2.45) is 4.99 Å². The molecule has 1 aromatic heterocycles. The number of rotatable bonds is 6. The third kappa shape index (κ3) is 4.24. The van der Waals surface area contributed by atoms with Gasteiger partial charge in [0.05, 0.1) is 29.5 Å². The average molecular weight is 455 g/mol. The highest BCUT2D eigenvalue weighted by Crippen LogP contribution is 2.28. The van der Waals surface area contributed by atoms with Gasteiger partial charge < -0.3 is 14.0 Å². The Hall–Kier alpha value is -2.67. The summed E-state index contributed by atoms with van der Waals surface area (Å²) < 4.78 is 14.1. The van der Waals surface area contributed by atoms with Gasteiger partial charge in [-0.05, 0) is 54.4 Å². The fourth-order valence-corrected chi connectivity index (χ4v) is 4.88. The molecule has 0 aliphatic heterocycles. The Kier molecular flexibility index (Phi) is 6.41. The smallest absolute Gasteiger partial charge is 0.283 e. The van der Waals surface area contributed by atoms with Crippen molar-refractivity contribution in [3.05, 3.63) is 69.5 Å². The molecule has 31 heavy (non-hydrogen) atoms. The Morgan fingerprint density at radius 1 is 1.16 bits per heavy atom. The van der Waals surface area contributed by atoms with E-state index in [1.165, 1.54) is 11.3 Å². The maximum atomic E-state index is 13.2. The molecule has 0 radical (unpaired) electrons. The first-order chi connectivity index (χ1) is 15.0. The molecule has 7 heteroatoms. The van der Waals surface area contributed by atoms with Crippen molar-refractivity contribution >= 4 is 49.8 Å². The molecule has 0 spiro atoms. The fourth-order valence-electron chi connectivity index (χ4n) is 3.61. The second-order valence-corrected chi connectivity index (χ2v) is 8.49. The lowest BCUT2D eigenvalue weighted by Gasteiger charge is -2.09. The second-order valence-electron chi connectivity index (χ2n) is 7.07. The standard InChI is InChI=1S/C24H23ClN2O3S/c1-4-30-12-11-27-22-15(2)19(25)9-10-21(22)31-24(27)26-23(28)18-13-16-7-5-6-8-17(16)14-20(18)29-3/h5-10,13-14H,4,11-12H2,1-3H3. The summed E-state index contributed by atoms with van der Waals surface area (Å²) >= 11 is 7.84. The first-order valence-corrected chi connectivity index (χ1v) is 11.2. The number of ether oxygens (including phenoxy) is 2. The lowest BCUT2D eigenvalue weighted by molar-refractivity contribution is 0.0994. The summed E-state index contributed by atoms with van der Waals surface area (Å²) in [6, 6.07) is 15.4. The Balaban J connectivity index is 1.87. The zero-order chi connectivity index (χ0) is 22.0. The lowest BCUT2D eigenvalue weighted by atomic mass is 10.1. The van der Waals surface area contributed by atoms with Crippen LogP contribution in [-0.2, 0) is 11.3 Å². The van der Waals surface area contributed by atoms with E-state index in [1.807, 2.05) is 66.9 Å². The summed E-state index contributed by atoms with van der Waals surface area (Å²) in [5.74, 6) is 0.164. The van der Waals surface area contributed by atoms with Crippen LogP contribution < -0.4 is 9.54 Å². The number of hydrogen-bond acceptors (Lipinski definition) is 4. The van der Waals surface area contributed by atoms with E-state index >= 15 is 0 Å². The number of carbonyl (C=O) groups is 1. The third-order valence-electron chi connectivity index (χ3n) is 5.19. The highest BCUT2D eigenvalue weighted by atomic mass is 35.5. The average Bonchev–Trinajstić information content (AvgIpc) is 3.13. The molecule has 0 saturated heterocycles. The number of fused-ring (bicyclic) bond motifs is 2. The van der Waals surface area contributed by atoms with Gasteiger partial charge >= 0.3 is 0 Å². The topological polar surface area (TPSA) is 52.8 Å². The van der Waals surface area contributed by atoms with Gasteiger partial charge in [-0.3, -0.25) is 4.79 Å². The Bertz CT molecular complexity index is 1340. The molecular formula is C24H23ClN2O3S. The fraction of sp³-hybridized carbons (Fsp3) is 0.250. The van der Waals surface area contributed by atoms with Gasteiger partial charge in [-0.2, -0.15) is 4.99 Å². The van der Waals surface area contributed by atoms with Crippen molar-refractivity contribution in [2.75, 3.05) is 20.3 Å². The molecule has 160 valence electrons. The van der Waals surface area contributed by atoms with E-state index < -0.39 is 0 Å². The Labute approximate surface area is 189 Å². The monoisotopic (exact) mass is 454 g/mol. The summed E-state index contributed by atoms with van der Waals surface area (Å²) in [5, 5.41) is 2.66. The molecule has 0 atom stereocenters. The van der Waals surface area contributed by atoms with Crippen LogP contribution in [0.3, 0.4) is 0 Å². The van der Waals surface area contributed by atoms with Crippen molar-refractivity contribution in [3.8, 4) is 5.75 Å². The van der Waals surface area contributed by atoms with Crippen LogP contribution in [0.1, 0.15) is 22.8 Å². The summed E-state index contributed by atoms with van der Waals surface area (Å²) in [7, 11) is 1.56. The Morgan fingerprint density at radius 2 is 1.90 bits per heavy atom. The normalized spacial score (nSPS) is 12.1. The molecule has 3 aromatic carbocycles. The molecule has 0 fully saturated rings. The first-order valence-electron chi connectivity index (χ1n) is 10.1. The van der Waals surface area contributed by atoms with Gasteiger partial charge in [-0.1, -0.05) is 47.2 Å². The molecule has 0 aliphatic rings. The molecule has 0 unspecified atom stereocenters. The van der Waals surface area contributed by atoms with Gasteiger partial charge in [0.1, 0.15) is 5.75 Å². The van der Waals surface area contributed by atoms with Crippen LogP contribution in [0.15, 0.2) is 53.5 Å². The number of nitrogens with zero attached hydrogens (tertiary/aromatic N) is 2. The molecule has 0 saturated carbocycles. The van der Waals surface area contributed by atoms with E-state index in [4.69, 9.17) is 21.1 Å². The van der Waals surface area contributed by atoms with Crippen molar-refractivity contribution in [3.63, 3.8) is 0 Å². The maximum absolute atomic E-state index is 13.2. The van der Waals surface area contributed by atoms with Crippen LogP contribution in [0.2, 0.25) is 5.02 Å². The SMILES string of the molecule is CCOCCn1c(=NC(=O)c2cc3ccccc3cc2OC)sc2ccc(Cl)c(C)c21. The zero-order valence-electron chi connectivity index (χ0n) is 17.6. The number of hydrogen-bond donors (Lipinski definition) is 0. The largest absolute Gasteiger partial charge is 0.496 e. The number of carbonyl (C=O) groups excluding carboxylic acids is 1. The molecule has 1 amide bonds. The summed E-state index contributed by atoms with van der Waals surface area (Å²) in [4.78, 5) is 18.3. The summed E-state index contributed by atoms with van der Waals surface area (Å²) in [6.07, 6.45) is 0. The minimum Gasteiger partial charge on any atom is -0.496 e. The number of amides is 1. The second kappa shape index (κ2) is 9.22. The van der Waals surface area contributed by atoms with Gasteiger partial charge in [-0.15, -0.1) is 0 Å². The molecule has 0 aliphatic carbocycles. The first kappa shape index (κ1) is 21.6. The van der Waals surface area contributed by atoms with Gasteiger partial charge in [0, 0.05) is 18.2 Å². The third-order valence-corrected chi connectivity index (χ3v) is 6.64. The van der Waals surface area contributed by atoms with Crippen molar-refractivity contribution in [1.82, 2.24) is 4.57 Å². The maximum Gasteiger partial charge on any atom is 0.283 e. The molecule has 5 nitrogen and oxygen atoms in total. The number of methoxy groups -OCH3 is 1. The van der Waals surface area contributed by atoms with E-state index in [9.17, 15) is 4.79 Å². The van der Waals surface area contributed by atoms with Gasteiger partial charge in [-0.25, -0.2) is 0 Å². The predicted molar refractivity (Wildman–Crippen MR) is 126 cm³/mol. The van der Waals surface area contributed by atoms with E-state index in [2.05, 4.69) is 4.99 Å². The predicted octanol–water partition coefficient (Wildman–Crippen LogP) is 5.60. The Morgan fingerprint density at radius 3 is 2.61 bits per heavy atom. The minimum absolute atomic E-state index is 0.344. The van der Waals surface area contributed by atoms with E-state index in [0.29, 0.717) is 40.9 Å². The summed E-state index contributed by atoms with van der Waals surface area (Å²) in [6.45, 7) is 5.67. The molecule has 1 heterocycles. The van der Waals surface area contributed by atoms with Gasteiger partial charge in [0.25, 0.3) is 5.91 Å². The molecule has 0 bridgehead atoms. The number of aryl methyl sites for hydroxylation is 1. The zero-order valence-corrected chi connectivity index (χ0v) is 19.2. The van der Waals surface area contributed by atoms with Crippen LogP contribution in [0.25, 0.3) is 21.0 Å². The lowest BCUT2D eigenvalue weighted by Crippen LogP contribution is -2.20. The van der Waals surface area contributed by atoms with E-state index in [-0.39, 0.29) is 5.91 Å². The van der Waals surface area contributed by atoms with Crippen molar-refractivity contribution in [1.29, 1.82) is 0 Å². The van der Waals surface area contributed by atoms with E-state index in [0.717, 1.165) is 26.6 Å². The van der Waals surface area contributed by atoms with Crippen molar-refractivity contribution < 1.29 is 14.3 Å². The van der Waals surface area contributed by atoms with Crippen LogP contribution in [0, 0.1) is 6.92 Å². The number of aromatic nitrogens is 1. The van der Waals surface area contributed by atoms with Crippen LogP contribution in [0.4, 0.5) is 0 Å². The van der Waals surface area contributed by atoms with Crippen molar-refractivity contribution in [2.45, 2.75) is 20.4 Å². The minimum atomic E-state index is -0.344. The number of thiazole rings is 1. The molecule has 0 N–H and O–H groups in total. The number of benzene rings is 3. The van der Waals surface area contributed by atoms with Gasteiger partial charge in [0.2, 0.25) is 0 Å². The highest BCUT2D eigenvalue weighted by Gasteiger charge is 2.16. The molecular weight excluding hydrogens is 432 g/mol. The number of halogens is 1.